The highest BCUT2D eigenvalue weighted by Gasteiger charge is 2.48. The van der Waals surface area contributed by atoms with Crippen LogP contribution in [0.15, 0.2) is 65.6 Å². The number of rotatable bonds is 9. The normalized spacial score (nSPS) is 20.9. The van der Waals surface area contributed by atoms with Crippen molar-refractivity contribution >= 4 is 22.0 Å². The molecule has 3 saturated heterocycles. The highest BCUT2D eigenvalue weighted by atomic mass is 32.2. The maximum absolute atomic E-state index is 12.2. The van der Waals surface area contributed by atoms with E-state index in [-0.39, 0.29) is 16.8 Å². The van der Waals surface area contributed by atoms with Crippen LogP contribution in [0.25, 0.3) is 0 Å². The van der Waals surface area contributed by atoms with Gasteiger partial charge in [0.15, 0.2) is 12.3 Å². The molecule has 0 spiro atoms. The SMILES string of the molecule is CCOC(=O)C(O)C1COC1.CCOC(=O)CC1COC1.O=S(=O)(c1ccccc1)N1OC1c1ccccc1. The van der Waals surface area contributed by atoms with Gasteiger partial charge in [0.2, 0.25) is 0 Å². The van der Waals surface area contributed by atoms with Crippen LogP contribution in [0, 0.1) is 11.8 Å². The summed E-state index contributed by atoms with van der Waals surface area (Å²) in [4.78, 5) is 27.0. The molecule has 1 N–H and O–H groups in total. The van der Waals surface area contributed by atoms with E-state index in [4.69, 9.17) is 19.0 Å². The van der Waals surface area contributed by atoms with Crippen LogP contribution in [0.1, 0.15) is 32.1 Å². The number of hydrogen-bond acceptors (Lipinski definition) is 10. The molecule has 3 aliphatic rings. The predicted octanol–water partition coefficient (Wildman–Crippen LogP) is 2.46. The van der Waals surface area contributed by atoms with Gasteiger partial charge in [-0.05, 0) is 30.4 Å². The highest BCUT2D eigenvalue weighted by Crippen LogP contribution is 2.41. The largest absolute Gasteiger partial charge is 0.466 e. The quantitative estimate of drug-likeness (QED) is 0.356. The van der Waals surface area contributed by atoms with Gasteiger partial charge in [0, 0.05) is 17.4 Å². The number of carbonyl (C=O) groups excluding carboxylic acids is 2. The zero-order valence-electron chi connectivity index (χ0n) is 22.0. The second kappa shape index (κ2) is 15.1. The molecule has 2 aromatic carbocycles. The minimum atomic E-state index is -3.55. The van der Waals surface area contributed by atoms with E-state index in [1.165, 1.54) is 0 Å². The Bertz CT molecular complexity index is 1140. The first-order chi connectivity index (χ1) is 18.8. The lowest BCUT2D eigenvalue weighted by Gasteiger charge is -2.28. The van der Waals surface area contributed by atoms with Crippen LogP contribution in [-0.2, 0) is 43.4 Å². The lowest BCUT2D eigenvalue weighted by molar-refractivity contribution is -0.167. The van der Waals surface area contributed by atoms with Crippen molar-refractivity contribution in [2.24, 2.45) is 11.8 Å². The van der Waals surface area contributed by atoms with Crippen molar-refractivity contribution in [2.75, 3.05) is 39.6 Å². The Morgan fingerprint density at radius 2 is 1.49 bits per heavy atom. The Labute approximate surface area is 228 Å². The van der Waals surface area contributed by atoms with Crippen molar-refractivity contribution < 1.29 is 46.9 Å². The Kier molecular flexibility index (Phi) is 11.8. The average molecular weight is 566 g/mol. The van der Waals surface area contributed by atoms with E-state index in [0.29, 0.717) is 38.8 Å². The van der Waals surface area contributed by atoms with Crippen molar-refractivity contribution in [3.63, 3.8) is 0 Å². The second-order valence-electron chi connectivity index (χ2n) is 8.85. The molecule has 0 aliphatic carbocycles. The van der Waals surface area contributed by atoms with Crippen LogP contribution < -0.4 is 0 Å². The van der Waals surface area contributed by atoms with E-state index in [9.17, 15) is 23.1 Å². The maximum atomic E-state index is 12.2. The number of benzene rings is 2. The Morgan fingerprint density at radius 1 is 0.923 bits per heavy atom. The third-order valence-electron chi connectivity index (χ3n) is 5.82. The number of hydroxylamine groups is 1. The van der Waals surface area contributed by atoms with Gasteiger partial charge in [-0.1, -0.05) is 48.5 Å². The van der Waals surface area contributed by atoms with Gasteiger partial charge >= 0.3 is 11.9 Å². The van der Waals surface area contributed by atoms with Crippen molar-refractivity contribution in [1.29, 1.82) is 0 Å². The van der Waals surface area contributed by atoms with Gasteiger partial charge in [0.05, 0.1) is 51.0 Å². The Morgan fingerprint density at radius 3 is 1.97 bits per heavy atom. The molecular formula is C27H35NO10S. The number of esters is 2. The monoisotopic (exact) mass is 565 g/mol. The summed E-state index contributed by atoms with van der Waals surface area (Å²) in [5.74, 6) is -0.287. The number of carbonyl (C=O) groups is 2. The first kappa shape index (κ1) is 30.7. The number of sulfonamides is 1. The van der Waals surface area contributed by atoms with E-state index in [1.807, 2.05) is 37.3 Å². The first-order valence-electron chi connectivity index (χ1n) is 12.7. The summed E-state index contributed by atoms with van der Waals surface area (Å²) >= 11 is 0. The van der Waals surface area contributed by atoms with Gasteiger partial charge in [-0.15, -0.1) is 0 Å². The second-order valence-corrected chi connectivity index (χ2v) is 10.6. The van der Waals surface area contributed by atoms with Gasteiger partial charge in [-0.3, -0.25) is 9.63 Å². The zero-order valence-corrected chi connectivity index (χ0v) is 22.8. The molecule has 0 aromatic heterocycles. The van der Waals surface area contributed by atoms with Crippen LogP contribution >= 0.6 is 0 Å². The van der Waals surface area contributed by atoms with Crippen LogP contribution in [0.3, 0.4) is 0 Å². The average Bonchev–Trinajstić information content (AvgIpc) is 3.70. The van der Waals surface area contributed by atoms with Gasteiger partial charge in [-0.2, -0.15) is 0 Å². The highest BCUT2D eigenvalue weighted by molar-refractivity contribution is 7.89. The van der Waals surface area contributed by atoms with Crippen molar-refractivity contribution in [2.45, 2.75) is 37.5 Å². The third kappa shape index (κ3) is 9.09. The molecule has 3 aliphatic heterocycles. The summed E-state index contributed by atoms with van der Waals surface area (Å²) in [6.07, 6.45) is -0.978. The maximum Gasteiger partial charge on any atom is 0.335 e. The molecule has 12 heteroatoms. The summed E-state index contributed by atoms with van der Waals surface area (Å²) < 4.78 is 44.5. The lowest BCUT2D eigenvalue weighted by atomic mass is 10.0. The predicted molar refractivity (Wildman–Crippen MR) is 138 cm³/mol. The topological polar surface area (TPSA) is 141 Å². The summed E-state index contributed by atoms with van der Waals surface area (Å²) in [5, 5.41) is 9.21. The number of hydrogen-bond donors (Lipinski definition) is 1. The van der Waals surface area contributed by atoms with Gasteiger partial charge in [0.1, 0.15) is 0 Å². The van der Waals surface area contributed by atoms with Crippen LogP contribution in [0.5, 0.6) is 0 Å². The summed E-state index contributed by atoms with van der Waals surface area (Å²) in [6, 6.07) is 17.5. The number of aliphatic hydroxyl groups excluding tert-OH is 1. The third-order valence-corrected chi connectivity index (χ3v) is 7.44. The van der Waals surface area contributed by atoms with Gasteiger partial charge in [0.25, 0.3) is 10.0 Å². The summed E-state index contributed by atoms with van der Waals surface area (Å²) in [6.45, 7) is 6.67. The van der Waals surface area contributed by atoms with Crippen molar-refractivity contribution in [1.82, 2.24) is 4.47 Å². The molecule has 3 atom stereocenters. The fraction of sp³-hybridized carbons (Fsp3) is 0.481. The number of ether oxygens (including phenoxy) is 4. The molecule has 3 unspecified atom stereocenters. The summed E-state index contributed by atoms with van der Waals surface area (Å²) in [7, 11) is -3.55. The zero-order chi connectivity index (χ0) is 28.3. The first-order valence-corrected chi connectivity index (χ1v) is 14.2. The summed E-state index contributed by atoms with van der Waals surface area (Å²) in [5.41, 5.74) is 0.831. The van der Waals surface area contributed by atoms with E-state index >= 15 is 0 Å². The number of aliphatic hydroxyl groups is 1. The molecule has 2 aromatic rings. The molecular weight excluding hydrogens is 530 g/mol. The molecule has 0 saturated carbocycles. The standard InChI is InChI=1S/C13H11NO3S.C7H12O4.C7H12O3/c15-18(16,12-9-5-2-6-10-12)14-13(17-14)11-7-3-1-4-8-11;1-2-11-7(9)6(8)5-3-10-4-5;1-2-10-7(8)3-6-4-9-5-6/h1-10,13H;5-6,8H,2-4H2,1H3;6H,2-5H2,1H3. The Balaban J connectivity index is 0.000000173. The Hall–Kier alpha value is -2.87. The van der Waals surface area contributed by atoms with E-state index in [0.717, 1.165) is 23.2 Å². The smallest absolute Gasteiger partial charge is 0.335 e. The molecule has 0 radical (unpaired) electrons. The fourth-order valence-corrected chi connectivity index (χ4v) is 4.74. The van der Waals surface area contributed by atoms with Gasteiger partial charge in [-0.25, -0.2) is 13.2 Å². The fourth-order valence-electron chi connectivity index (χ4n) is 3.46. The number of nitrogens with zero attached hydrogens (tertiary/aromatic N) is 1. The van der Waals surface area contributed by atoms with Crippen molar-refractivity contribution in [3.05, 3.63) is 66.2 Å². The van der Waals surface area contributed by atoms with Gasteiger partial charge < -0.3 is 24.1 Å². The molecule has 3 heterocycles. The van der Waals surface area contributed by atoms with E-state index in [1.54, 1.807) is 37.3 Å². The molecule has 0 bridgehead atoms. The van der Waals surface area contributed by atoms with Crippen molar-refractivity contribution in [3.8, 4) is 0 Å². The lowest BCUT2D eigenvalue weighted by Crippen LogP contribution is -2.43. The molecule has 39 heavy (non-hydrogen) atoms. The van der Waals surface area contributed by atoms with E-state index in [2.05, 4.69) is 4.74 Å². The molecule has 3 fully saturated rings. The minimum absolute atomic E-state index is 0.0611. The van der Waals surface area contributed by atoms with E-state index < -0.39 is 28.3 Å². The molecule has 11 nitrogen and oxygen atoms in total. The minimum Gasteiger partial charge on any atom is -0.466 e. The molecule has 214 valence electrons. The molecule has 5 rings (SSSR count). The van der Waals surface area contributed by atoms with Crippen LogP contribution in [0.4, 0.5) is 0 Å². The van der Waals surface area contributed by atoms with Crippen LogP contribution in [0.2, 0.25) is 0 Å². The van der Waals surface area contributed by atoms with Crippen LogP contribution in [-0.4, -0.2) is 75.7 Å². The molecule has 0 amide bonds.